The van der Waals surface area contributed by atoms with Crippen LogP contribution in [0.25, 0.3) is 0 Å². The van der Waals surface area contributed by atoms with Crippen molar-refractivity contribution in [2.24, 2.45) is 0 Å². The first-order valence-corrected chi connectivity index (χ1v) is 5.46. The number of hydrogen-bond donors (Lipinski definition) is 1. The zero-order valence-electron chi connectivity index (χ0n) is 9.40. The van der Waals surface area contributed by atoms with Crippen LogP contribution in [-0.2, 0) is 4.74 Å². The number of carbonyl (C=O) groups is 1. The highest BCUT2D eigenvalue weighted by atomic mass is 16.5. The van der Waals surface area contributed by atoms with Gasteiger partial charge in [-0.1, -0.05) is 6.07 Å². The topological polar surface area (TPSA) is 41.6 Å². The van der Waals surface area contributed by atoms with Gasteiger partial charge in [0.2, 0.25) is 0 Å². The molecule has 0 bridgehead atoms. The lowest BCUT2D eigenvalue weighted by Crippen LogP contribution is -2.36. The maximum absolute atomic E-state index is 11.5. The van der Waals surface area contributed by atoms with E-state index >= 15 is 0 Å². The van der Waals surface area contributed by atoms with Crippen molar-refractivity contribution in [3.05, 3.63) is 29.8 Å². The average Bonchev–Trinajstić information content (AvgIpc) is 2.39. The van der Waals surface area contributed by atoms with Crippen molar-refractivity contribution in [1.29, 1.82) is 0 Å². The highest BCUT2D eigenvalue weighted by Crippen LogP contribution is 2.17. The molecule has 0 radical (unpaired) electrons. The van der Waals surface area contributed by atoms with E-state index in [1.54, 1.807) is 7.05 Å². The maximum atomic E-state index is 11.5. The first-order valence-electron chi connectivity index (χ1n) is 5.46. The van der Waals surface area contributed by atoms with Crippen LogP contribution in [0.5, 0.6) is 0 Å². The highest BCUT2D eigenvalue weighted by molar-refractivity contribution is 5.94. The van der Waals surface area contributed by atoms with Gasteiger partial charge in [0, 0.05) is 31.4 Å². The average molecular weight is 220 g/mol. The first kappa shape index (κ1) is 11.0. The van der Waals surface area contributed by atoms with Gasteiger partial charge in [-0.05, 0) is 18.2 Å². The molecule has 1 aromatic rings. The molecule has 1 amide bonds. The summed E-state index contributed by atoms with van der Waals surface area (Å²) in [6.07, 6.45) is 0. The summed E-state index contributed by atoms with van der Waals surface area (Å²) in [5.41, 5.74) is 1.79. The largest absolute Gasteiger partial charge is 0.378 e. The Kier molecular flexibility index (Phi) is 3.41. The molecule has 1 aliphatic heterocycles. The molecule has 2 rings (SSSR count). The van der Waals surface area contributed by atoms with E-state index in [-0.39, 0.29) is 5.91 Å². The molecule has 0 saturated carbocycles. The maximum Gasteiger partial charge on any atom is 0.251 e. The van der Waals surface area contributed by atoms with E-state index in [9.17, 15) is 4.79 Å². The van der Waals surface area contributed by atoms with E-state index in [0.29, 0.717) is 5.56 Å². The van der Waals surface area contributed by atoms with E-state index < -0.39 is 0 Å². The predicted molar refractivity (Wildman–Crippen MR) is 62.9 cm³/mol. The molecule has 0 atom stereocenters. The van der Waals surface area contributed by atoms with Crippen molar-refractivity contribution < 1.29 is 9.53 Å². The van der Waals surface area contributed by atoms with Crippen LogP contribution >= 0.6 is 0 Å². The smallest absolute Gasteiger partial charge is 0.251 e. The summed E-state index contributed by atoms with van der Waals surface area (Å²) in [7, 11) is 1.64. The van der Waals surface area contributed by atoms with Crippen LogP contribution in [-0.4, -0.2) is 39.3 Å². The molecule has 4 nitrogen and oxygen atoms in total. The Labute approximate surface area is 95.2 Å². The fraction of sp³-hybridized carbons (Fsp3) is 0.417. The van der Waals surface area contributed by atoms with Gasteiger partial charge in [-0.15, -0.1) is 0 Å². The van der Waals surface area contributed by atoms with Gasteiger partial charge in [0.1, 0.15) is 0 Å². The van der Waals surface area contributed by atoms with Crippen molar-refractivity contribution in [3.8, 4) is 0 Å². The van der Waals surface area contributed by atoms with Gasteiger partial charge in [-0.3, -0.25) is 4.79 Å². The van der Waals surface area contributed by atoms with Gasteiger partial charge < -0.3 is 15.0 Å². The number of amides is 1. The van der Waals surface area contributed by atoms with Crippen molar-refractivity contribution in [1.82, 2.24) is 5.32 Å². The third-order valence-corrected chi connectivity index (χ3v) is 2.71. The Morgan fingerprint density at radius 3 is 2.81 bits per heavy atom. The summed E-state index contributed by atoms with van der Waals surface area (Å²) < 4.78 is 5.30. The van der Waals surface area contributed by atoms with Crippen LogP contribution in [0, 0.1) is 0 Å². The molecule has 1 heterocycles. The number of nitrogens with zero attached hydrogens (tertiary/aromatic N) is 1. The molecule has 1 N–H and O–H groups in total. The van der Waals surface area contributed by atoms with Crippen molar-refractivity contribution in [2.45, 2.75) is 0 Å². The number of hydrogen-bond acceptors (Lipinski definition) is 3. The molecule has 86 valence electrons. The number of morpholine rings is 1. The van der Waals surface area contributed by atoms with Crippen molar-refractivity contribution in [2.75, 3.05) is 38.3 Å². The zero-order chi connectivity index (χ0) is 11.4. The van der Waals surface area contributed by atoms with Gasteiger partial charge >= 0.3 is 0 Å². The molecule has 0 spiro atoms. The summed E-state index contributed by atoms with van der Waals surface area (Å²) in [6.45, 7) is 3.28. The first-order chi connectivity index (χ1) is 7.81. The third kappa shape index (κ3) is 2.33. The SMILES string of the molecule is CNC(=O)c1cccc(N2CCOCC2)c1. The minimum atomic E-state index is -0.0462. The minimum absolute atomic E-state index is 0.0462. The van der Waals surface area contributed by atoms with Gasteiger partial charge in [-0.25, -0.2) is 0 Å². The van der Waals surface area contributed by atoms with Gasteiger partial charge in [0.15, 0.2) is 0 Å². The van der Waals surface area contributed by atoms with Crippen LogP contribution in [0.4, 0.5) is 5.69 Å². The number of rotatable bonds is 2. The second-order valence-electron chi connectivity index (χ2n) is 3.73. The van der Waals surface area contributed by atoms with Crippen LogP contribution in [0.15, 0.2) is 24.3 Å². The van der Waals surface area contributed by atoms with Gasteiger partial charge in [0.25, 0.3) is 5.91 Å². The molecule has 0 aromatic heterocycles. The fourth-order valence-corrected chi connectivity index (χ4v) is 1.81. The second-order valence-corrected chi connectivity index (χ2v) is 3.73. The van der Waals surface area contributed by atoms with E-state index in [1.807, 2.05) is 24.3 Å². The lowest BCUT2D eigenvalue weighted by molar-refractivity contribution is 0.0963. The van der Waals surface area contributed by atoms with Crippen LogP contribution in [0.2, 0.25) is 0 Å². The molecular formula is C12H16N2O2. The molecule has 1 fully saturated rings. The van der Waals surface area contributed by atoms with Crippen LogP contribution in [0.1, 0.15) is 10.4 Å². The number of benzene rings is 1. The monoisotopic (exact) mass is 220 g/mol. The standard InChI is InChI=1S/C12H16N2O2/c1-13-12(15)10-3-2-4-11(9-10)14-5-7-16-8-6-14/h2-4,9H,5-8H2,1H3,(H,13,15). The summed E-state index contributed by atoms with van der Waals surface area (Å²) in [6, 6.07) is 7.68. The van der Waals surface area contributed by atoms with E-state index in [0.717, 1.165) is 32.0 Å². The van der Waals surface area contributed by atoms with Crippen LogP contribution in [0.3, 0.4) is 0 Å². The molecule has 16 heavy (non-hydrogen) atoms. The lowest BCUT2D eigenvalue weighted by atomic mass is 10.1. The molecule has 1 saturated heterocycles. The summed E-state index contributed by atoms with van der Waals surface area (Å²) >= 11 is 0. The molecule has 4 heteroatoms. The zero-order valence-corrected chi connectivity index (χ0v) is 9.40. The third-order valence-electron chi connectivity index (χ3n) is 2.71. The predicted octanol–water partition coefficient (Wildman–Crippen LogP) is 0.883. The molecule has 0 unspecified atom stereocenters. The van der Waals surface area contributed by atoms with Crippen molar-refractivity contribution >= 4 is 11.6 Å². The number of carbonyl (C=O) groups excluding carboxylic acids is 1. The second kappa shape index (κ2) is 4.99. The molecule has 1 aromatic carbocycles. The minimum Gasteiger partial charge on any atom is -0.378 e. The number of nitrogens with one attached hydrogen (secondary N) is 1. The normalized spacial score (nSPS) is 15.9. The molecular weight excluding hydrogens is 204 g/mol. The van der Waals surface area contributed by atoms with E-state index in [2.05, 4.69) is 10.2 Å². The van der Waals surface area contributed by atoms with Gasteiger partial charge in [0.05, 0.1) is 13.2 Å². The Bertz CT molecular complexity index is 373. The summed E-state index contributed by atoms with van der Waals surface area (Å²) in [5.74, 6) is -0.0462. The quantitative estimate of drug-likeness (QED) is 0.804. The Hall–Kier alpha value is -1.55. The Morgan fingerprint density at radius 1 is 1.38 bits per heavy atom. The van der Waals surface area contributed by atoms with Crippen molar-refractivity contribution in [3.63, 3.8) is 0 Å². The van der Waals surface area contributed by atoms with Crippen LogP contribution < -0.4 is 10.2 Å². The highest BCUT2D eigenvalue weighted by Gasteiger charge is 2.12. The number of anilines is 1. The molecule has 1 aliphatic rings. The summed E-state index contributed by atoms with van der Waals surface area (Å²) in [5, 5.41) is 2.63. The van der Waals surface area contributed by atoms with E-state index in [4.69, 9.17) is 4.74 Å². The number of ether oxygens (including phenoxy) is 1. The summed E-state index contributed by atoms with van der Waals surface area (Å²) in [4.78, 5) is 13.7. The fourth-order valence-electron chi connectivity index (χ4n) is 1.81. The Balaban J connectivity index is 2.17. The van der Waals surface area contributed by atoms with E-state index in [1.165, 1.54) is 0 Å². The molecule has 0 aliphatic carbocycles. The Morgan fingerprint density at radius 2 is 2.12 bits per heavy atom. The lowest BCUT2D eigenvalue weighted by Gasteiger charge is -2.29. The van der Waals surface area contributed by atoms with Gasteiger partial charge in [-0.2, -0.15) is 0 Å².